The first-order valence-electron chi connectivity index (χ1n) is 7.05. The number of nitrogens with one attached hydrogen (secondary N) is 1. The van der Waals surface area contributed by atoms with Crippen molar-refractivity contribution in [1.82, 2.24) is 5.32 Å². The quantitative estimate of drug-likeness (QED) is 0.719. The van der Waals surface area contributed by atoms with E-state index in [9.17, 15) is 0 Å². The van der Waals surface area contributed by atoms with Crippen LogP contribution in [0.5, 0.6) is 0 Å². The Morgan fingerprint density at radius 1 is 1.31 bits per heavy atom. The molecule has 2 aliphatic carbocycles. The van der Waals surface area contributed by atoms with E-state index >= 15 is 0 Å². The molecule has 0 radical (unpaired) electrons. The second-order valence-electron chi connectivity index (χ2n) is 5.80. The maximum Gasteiger partial charge on any atom is 0.0658 e. The van der Waals surface area contributed by atoms with Crippen molar-refractivity contribution >= 4 is 0 Å². The van der Waals surface area contributed by atoms with Gasteiger partial charge in [-0.15, -0.1) is 0 Å². The molecule has 2 rings (SSSR count). The highest BCUT2D eigenvalue weighted by Crippen LogP contribution is 2.46. The van der Waals surface area contributed by atoms with Crippen LogP contribution in [-0.4, -0.2) is 25.3 Å². The van der Waals surface area contributed by atoms with Crippen LogP contribution in [0.25, 0.3) is 0 Å². The lowest BCUT2D eigenvalue weighted by Gasteiger charge is -2.53. The van der Waals surface area contributed by atoms with Crippen LogP contribution in [0.15, 0.2) is 0 Å². The summed E-state index contributed by atoms with van der Waals surface area (Å²) in [7, 11) is 0. The van der Waals surface area contributed by atoms with Gasteiger partial charge in [0.15, 0.2) is 0 Å². The summed E-state index contributed by atoms with van der Waals surface area (Å²) in [6, 6.07) is 0.674. The molecule has 2 fully saturated rings. The highest BCUT2D eigenvalue weighted by molar-refractivity contribution is 5.04. The number of ether oxygens (including phenoxy) is 1. The molecule has 2 heteroatoms. The van der Waals surface area contributed by atoms with E-state index in [4.69, 9.17) is 4.74 Å². The number of hydrogen-bond donors (Lipinski definition) is 1. The summed E-state index contributed by atoms with van der Waals surface area (Å²) >= 11 is 0. The molecule has 2 aliphatic rings. The molecule has 0 aromatic heterocycles. The lowest BCUT2D eigenvalue weighted by molar-refractivity contribution is -0.129. The van der Waals surface area contributed by atoms with Gasteiger partial charge in [-0.1, -0.05) is 33.6 Å². The largest absolute Gasteiger partial charge is 0.378 e. The highest BCUT2D eigenvalue weighted by atomic mass is 16.5. The van der Waals surface area contributed by atoms with E-state index in [2.05, 4.69) is 26.1 Å². The van der Waals surface area contributed by atoms with Crippen LogP contribution in [-0.2, 0) is 4.74 Å². The van der Waals surface area contributed by atoms with Gasteiger partial charge in [0, 0.05) is 18.1 Å². The van der Waals surface area contributed by atoms with Crippen molar-refractivity contribution in [1.29, 1.82) is 0 Å². The van der Waals surface area contributed by atoms with Crippen LogP contribution in [0.1, 0.15) is 52.9 Å². The third-order valence-electron chi connectivity index (χ3n) is 4.74. The molecule has 16 heavy (non-hydrogen) atoms. The predicted molar refractivity (Wildman–Crippen MR) is 67.6 cm³/mol. The minimum Gasteiger partial charge on any atom is -0.378 e. The summed E-state index contributed by atoms with van der Waals surface area (Å²) in [6.07, 6.45) is 7.11. The molecule has 0 spiro atoms. The third kappa shape index (κ3) is 2.43. The Bertz CT molecular complexity index is 227. The number of rotatable bonds is 7. The molecule has 1 N–H and O–H groups in total. The van der Waals surface area contributed by atoms with Crippen LogP contribution in [0, 0.1) is 11.3 Å². The maximum atomic E-state index is 6.07. The Hall–Kier alpha value is -0.0800. The zero-order valence-electron chi connectivity index (χ0n) is 11.1. The molecule has 2 nitrogen and oxygen atoms in total. The average molecular weight is 225 g/mol. The lowest BCUT2D eigenvalue weighted by Crippen LogP contribution is -2.62. The van der Waals surface area contributed by atoms with Gasteiger partial charge in [0.05, 0.1) is 6.10 Å². The van der Waals surface area contributed by atoms with E-state index in [1.54, 1.807) is 0 Å². The van der Waals surface area contributed by atoms with Gasteiger partial charge >= 0.3 is 0 Å². The fourth-order valence-corrected chi connectivity index (χ4v) is 2.90. The van der Waals surface area contributed by atoms with E-state index in [1.807, 2.05) is 0 Å². The molecule has 2 saturated carbocycles. The summed E-state index contributed by atoms with van der Waals surface area (Å²) in [6.45, 7) is 8.93. The van der Waals surface area contributed by atoms with E-state index < -0.39 is 0 Å². The van der Waals surface area contributed by atoms with Crippen LogP contribution < -0.4 is 5.32 Å². The van der Waals surface area contributed by atoms with Gasteiger partial charge in [0.25, 0.3) is 0 Å². The zero-order valence-corrected chi connectivity index (χ0v) is 11.1. The molecule has 0 saturated heterocycles. The first-order chi connectivity index (χ1) is 7.70. The summed E-state index contributed by atoms with van der Waals surface area (Å²) < 4.78 is 6.07. The van der Waals surface area contributed by atoms with Crippen molar-refractivity contribution in [3.63, 3.8) is 0 Å². The molecule has 0 aliphatic heterocycles. The van der Waals surface area contributed by atoms with E-state index in [0.717, 1.165) is 19.1 Å². The Morgan fingerprint density at radius 2 is 2.06 bits per heavy atom. The second-order valence-corrected chi connectivity index (χ2v) is 5.80. The van der Waals surface area contributed by atoms with Crippen molar-refractivity contribution in [2.45, 2.75) is 65.0 Å². The fourth-order valence-electron chi connectivity index (χ4n) is 2.90. The molecule has 3 unspecified atom stereocenters. The van der Waals surface area contributed by atoms with Gasteiger partial charge < -0.3 is 10.1 Å². The van der Waals surface area contributed by atoms with Crippen molar-refractivity contribution in [3.8, 4) is 0 Å². The normalized spacial score (nSPS) is 38.4. The molecule has 0 amide bonds. The van der Waals surface area contributed by atoms with Gasteiger partial charge in [0.2, 0.25) is 0 Å². The minimum absolute atomic E-state index is 0.375. The van der Waals surface area contributed by atoms with Crippen molar-refractivity contribution in [2.75, 3.05) is 13.2 Å². The minimum atomic E-state index is 0.375. The first kappa shape index (κ1) is 12.4. The van der Waals surface area contributed by atoms with Crippen molar-refractivity contribution in [2.24, 2.45) is 11.3 Å². The predicted octanol–water partition coefficient (Wildman–Crippen LogP) is 2.97. The van der Waals surface area contributed by atoms with Crippen LogP contribution in [0.3, 0.4) is 0 Å². The summed E-state index contributed by atoms with van der Waals surface area (Å²) in [4.78, 5) is 0. The number of hydrogen-bond acceptors (Lipinski definition) is 2. The van der Waals surface area contributed by atoms with Gasteiger partial charge in [-0.3, -0.25) is 0 Å². The molecule has 0 aromatic rings. The Labute approximate surface area is 100 Å². The summed E-state index contributed by atoms with van der Waals surface area (Å²) in [5, 5.41) is 3.58. The van der Waals surface area contributed by atoms with Gasteiger partial charge in [-0.25, -0.2) is 0 Å². The second kappa shape index (κ2) is 5.05. The molecule has 0 heterocycles. The van der Waals surface area contributed by atoms with Crippen LogP contribution >= 0.6 is 0 Å². The fraction of sp³-hybridized carbons (Fsp3) is 1.00. The van der Waals surface area contributed by atoms with E-state index in [1.165, 1.54) is 32.1 Å². The molecule has 0 aromatic carbocycles. The highest BCUT2D eigenvalue weighted by Gasteiger charge is 2.50. The SMILES string of the molecule is CCNC1CC(OCCC2CC2)C1(C)CC. The Morgan fingerprint density at radius 3 is 2.62 bits per heavy atom. The third-order valence-corrected chi connectivity index (χ3v) is 4.74. The van der Waals surface area contributed by atoms with Crippen molar-refractivity contribution in [3.05, 3.63) is 0 Å². The smallest absolute Gasteiger partial charge is 0.0658 e. The van der Waals surface area contributed by atoms with E-state index in [0.29, 0.717) is 17.6 Å². The van der Waals surface area contributed by atoms with Gasteiger partial charge in [-0.05, 0) is 31.7 Å². The van der Waals surface area contributed by atoms with Gasteiger partial charge in [0.1, 0.15) is 0 Å². The van der Waals surface area contributed by atoms with Gasteiger partial charge in [-0.2, -0.15) is 0 Å². The maximum absolute atomic E-state index is 6.07. The molecular formula is C14H27NO. The molecule has 3 atom stereocenters. The van der Waals surface area contributed by atoms with Crippen LogP contribution in [0.4, 0.5) is 0 Å². The zero-order chi connectivity index (χ0) is 11.6. The standard InChI is InChI=1S/C14H27NO/c1-4-14(3)12(15-5-2)10-13(14)16-9-8-11-6-7-11/h11-13,15H,4-10H2,1-3H3. The molecule has 94 valence electrons. The summed E-state index contributed by atoms with van der Waals surface area (Å²) in [5.74, 6) is 0.998. The Kier molecular flexibility index (Phi) is 3.91. The van der Waals surface area contributed by atoms with Crippen LogP contribution in [0.2, 0.25) is 0 Å². The topological polar surface area (TPSA) is 21.3 Å². The van der Waals surface area contributed by atoms with Crippen molar-refractivity contribution < 1.29 is 4.74 Å². The average Bonchev–Trinajstić information content (AvgIpc) is 3.09. The monoisotopic (exact) mass is 225 g/mol. The molecular weight excluding hydrogens is 198 g/mol. The van der Waals surface area contributed by atoms with E-state index in [-0.39, 0.29) is 0 Å². The lowest BCUT2D eigenvalue weighted by atomic mass is 9.61. The first-order valence-corrected chi connectivity index (χ1v) is 7.05. The molecule has 0 bridgehead atoms. The Balaban J connectivity index is 1.72. The summed E-state index contributed by atoms with van der Waals surface area (Å²) in [5.41, 5.74) is 0.375.